The molecule has 0 fully saturated rings. The van der Waals surface area contributed by atoms with Crippen LogP contribution < -0.4 is 10.6 Å². The van der Waals surface area contributed by atoms with Crippen molar-refractivity contribution in [3.63, 3.8) is 0 Å². The highest BCUT2D eigenvalue weighted by molar-refractivity contribution is 5.91. The standard InChI is InChI=1S/C16H18N6O2/c1-11-8-15(20-24-11)18-16(23)9-17-12(2)14-10-22(21-19-14)13-6-4-3-5-7-13/h3-8,10,12,17H,9H2,1-2H3,(H,18,20,23). The van der Waals surface area contributed by atoms with Gasteiger partial charge in [0.2, 0.25) is 5.91 Å². The summed E-state index contributed by atoms with van der Waals surface area (Å²) in [5, 5.41) is 17.7. The summed E-state index contributed by atoms with van der Waals surface area (Å²) < 4.78 is 6.60. The van der Waals surface area contributed by atoms with Gasteiger partial charge in [0.1, 0.15) is 5.76 Å². The van der Waals surface area contributed by atoms with Crippen LogP contribution in [-0.4, -0.2) is 32.6 Å². The van der Waals surface area contributed by atoms with Crippen LogP contribution >= 0.6 is 0 Å². The molecule has 1 amide bonds. The molecule has 24 heavy (non-hydrogen) atoms. The highest BCUT2D eigenvalue weighted by Crippen LogP contribution is 2.12. The van der Waals surface area contributed by atoms with Gasteiger partial charge in [0.15, 0.2) is 5.82 Å². The van der Waals surface area contributed by atoms with Crippen LogP contribution in [0.4, 0.5) is 5.82 Å². The molecule has 0 spiro atoms. The lowest BCUT2D eigenvalue weighted by Crippen LogP contribution is -2.30. The molecule has 0 aliphatic carbocycles. The second kappa shape index (κ2) is 7.05. The summed E-state index contributed by atoms with van der Waals surface area (Å²) in [5.41, 5.74) is 1.69. The molecule has 1 atom stereocenters. The molecule has 8 nitrogen and oxygen atoms in total. The first kappa shape index (κ1) is 15.9. The molecule has 8 heteroatoms. The van der Waals surface area contributed by atoms with Crippen molar-refractivity contribution >= 4 is 11.7 Å². The Morgan fingerprint density at radius 1 is 1.33 bits per heavy atom. The fourth-order valence-electron chi connectivity index (χ4n) is 2.14. The monoisotopic (exact) mass is 326 g/mol. The molecule has 0 aliphatic rings. The Morgan fingerprint density at radius 3 is 2.83 bits per heavy atom. The largest absolute Gasteiger partial charge is 0.360 e. The number of aromatic nitrogens is 4. The second-order valence-electron chi connectivity index (χ2n) is 5.40. The normalized spacial score (nSPS) is 12.1. The van der Waals surface area contributed by atoms with Gasteiger partial charge in [-0.25, -0.2) is 4.68 Å². The minimum absolute atomic E-state index is 0.118. The quantitative estimate of drug-likeness (QED) is 0.717. The minimum atomic E-state index is -0.203. The van der Waals surface area contributed by atoms with Crippen LogP contribution in [0.1, 0.15) is 24.4 Å². The van der Waals surface area contributed by atoms with Crippen LogP contribution in [0.25, 0.3) is 5.69 Å². The van der Waals surface area contributed by atoms with Crippen molar-refractivity contribution in [1.82, 2.24) is 25.5 Å². The topological polar surface area (TPSA) is 97.9 Å². The zero-order chi connectivity index (χ0) is 16.9. The summed E-state index contributed by atoms with van der Waals surface area (Å²) in [5.74, 6) is 0.844. The fourth-order valence-corrected chi connectivity index (χ4v) is 2.14. The number of carbonyl (C=O) groups excluding carboxylic acids is 1. The molecule has 1 unspecified atom stereocenters. The van der Waals surface area contributed by atoms with E-state index in [1.165, 1.54) is 0 Å². The number of anilines is 1. The van der Waals surface area contributed by atoms with Gasteiger partial charge in [-0.05, 0) is 26.0 Å². The molecule has 2 heterocycles. The summed E-state index contributed by atoms with van der Waals surface area (Å²) in [6, 6.07) is 11.3. The molecule has 0 radical (unpaired) electrons. The van der Waals surface area contributed by atoms with E-state index in [1.54, 1.807) is 17.7 Å². The maximum absolute atomic E-state index is 11.9. The number of hydrogen-bond acceptors (Lipinski definition) is 6. The third-order valence-electron chi connectivity index (χ3n) is 3.44. The van der Waals surface area contributed by atoms with Gasteiger partial charge in [0.05, 0.1) is 30.2 Å². The van der Waals surface area contributed by atoms with Crippen LogP contribution in [0.3, 0.4) is 0 Å². The number of para-hydroxylation sites is 1. The molecular weight excluding hydrogens is 308 g/mol. The smallest absolute Gasteiger partial charge is 0.239 e. The Labute approximate surface area is 138 Å². The summed E-state index contributed by atoms with van der Waals surface area (Å²) >= 11 is 0. The molecule has 0 saturated heterocycles. The molecule has 2 aromatic heterocycles. The lowest BCUT2D eigenvalue weighted by atomic mass is 10.2. The minimum Gasteiger partial charge on any atom is -0.360 e. The number of hydrogen-bond donors (Lipinski definition) is 2. The maximum atomic E-state index is 11.9. The van der Waals surface area contributed by atoms with E-state index in [4.69, 9.17) is 4.52 Å². The third-order valence-corrected chi connectivity index (χ3v) is 3.44. The average molecular weight is 326 g/mol. The Hall–Kier alpha value is -3.00. The predicted octanol–water partition coefficient (Wildman–Crippen LogP) is 1.85. The Bertz CT molecular complexity index is 811. The zero-order valence-corrected chi connectivity index (χ0v) is 13.4. The lowest BCUT2D eigenvalue weighted by molar-refractivity contribution is -0.115. The molecule has 2 N–H and O–H groups in total. The first-order valence-corrected chi connectivity index (χ1v) is 7.56. The number of amides is 1. The molecule has 124 valence electrons. The van der Waals surface area contributed by atoms with Crippen LogP contribution in [0.2, 0.25) is 0 Å². The van der Waals surface area contributed by atoms with E-state index in [2.05, 4.69) is 26.1 Å². The predicted molar refractivity (Wildman–Crippen MR) is 87.6 cm³/mol. The lowest BCUT2D eigenvalue weighted by Gasteiger charge is -2.10. The van der Waals surface area contributed by atoms with Gasteiger partial charge in [-0.15, -0.1) is 5.10 Å². The average Bonchev–Trinajstić information content (AvgIpc) is 3.23. The molecule has 3 aromatic rings. The summed E-state index contributed by atoms with van der Waals surface area (Å²) in [7, 11) is 0. The first-order chi connectivity index (χ1) is 11.6. The Balaban J connectivity index is 1.54. The molecule has 0 bridgehead atoms. The van der Waals surface area contributed by atoms with Crippen LogP contribution in [0.5, 0.6) is 0 Å². The van der Waals surface area contributed by atoms with Crippen molar-refractivity contribution in [2.45, 2.75) is 19.9 Å². The van der Waals surface area contributed by atoms with Gasteiger partial charge < -0.3 is 15.2 Å². The molecule has 0 saturated carbocycles. The number of benzene rings is 1. The first-order valence-electron chi connectivity index (χ1n) is 7.56. The van der Waals surface area contributed by atoms with E-state index >= 15 is 0 Å². The van der Waals surface area contributed by atoms with Crippen molar-refractivity contribution in [1.29, 1.82) is 0 Å². The van der Waals surface area contributed by atoms with Crippen molar-refractivity contribution in [2.75, 3.05) is 11.9 Å². The van der Waals surface area contributed by atoms with Crippen LogP contribution in [-0.2, 0) is 4.79 Å². The van der Waals surface area contributed by atoms with Gasteiger partial charge in [-0.1, -0.05) is 28.6 Å². The van der Waals surface area contributed by atoms with Crippen molar-refractivity contribution in [3.8, 4) is 5.69 Å². The molecule has 1 aromatic carbocycles. The van der Waals surface area contributed by atoms with Crippen LogP contribution in [0, 0.1) is 6.92 Å². The second-order valence-corrected chi connectivity index (χ2v) is 5.40. The van der Waals surface area contributed by atoms with Gasteiger partial charge >= 0.3 is 0 Å². The Morgan fingerprint density at radius 2 is 2.12 bits per heavy atom. The van der Waals surface area contributed by atoms with Crippen molar-refractivity contribution in [2.24, 2.45) is 0 Å². The number of nitrogens with zero attached hydrogens (tertiary/aromatic N) is 4. The molecule has 0 aliphatic heterocycles. The van der Waals surface area contributed by atoms with E-state index in [0.29, 0.717) is 11.6 Å². The van der Waals surface area contributed by atoms with Crippen molar-refractivity contribution in [3.05, 3.63) is 54.0 Å². The summed E-state index contributed by atoms with van der Waals surface area (Å²) in [4.78, 5) is 11.9. The van der Waals surface area contributed by atoms with Gasteiger partial charge in [-0.2, -0.15) is 0 Å². The van der Waals surface area contributed by atoms with E-state index < -0.39 is 0 Å². The molecular formula is C16H18N6O2. The van der Waals surface area contributed by atoms with E-state index in [9.17, 15) is 4.79 Å². The van der Waals surface area contributed by atoms with Crippen molar-refractivity contribution < 1.29 is 9.32 Å². The van der Waals surface area contributed by atoms with Gasteiger partial charge in [0, 0.05) is 6.07 Å². The van der Waals surface area contributed by atoms with Gasteiger partial charge in [0.25, 0.3) is 0 Å². The number of nitrogens with one attached hydrogen (secondary N) is 2. The molecule has 3 rings (SSSR count). The third kappa shape index (κ3) is 3.85. The number of aryl methyl sites for hydroxylation is 1. The van der Waals surface area contributed by atoms with Crippen LogP contribution in [0.15, 0.2) is 47.1 Å². The summed E-state index contributed by atoms with van der Waals surface area (Å²) in [6.45, 7) is 3.82. The SMILES string of the molecule is Cc1cc(NC(=O)CNC(C)c2cn(-c3ccccc3)nn2)no1. The fraction of sp³-hybridized carbons (Fsp3) is 0.250. The van der Waals surface area contributed by atoms with Gasteiger partial charge in [-0.3, -0.25) is 4.79 Å². The number of carbonyl (C=O) groups is 1. The zero-order valence-electron chi connectivity index (χ0n) is 13.4. The van der Waals surface area contributed by atoms with E-state index in [0.717, 1.165) is 11.4 Å². The number of rotatable bonds is 6. The van der Waals surface area contributed by atoms with E-state index in [1.807, 2.05) is 43.5 Å². The maximum Gasteiger partial charge on any atom is 0.239 e. The highest BCUT2D eigenvalue weighted by Gasteiger charge is 2.13. The highest BCUT2D eigenvalue weighted by atomic mass is 16.5. The summed E-state index contributed by atoms with van der Waals surface area (Å²) in [6.07, 6.45) is 1.84. The Kier molecular flexibility index (Phi) is 4.66. The van der Waals surface area contributed by atoms with E-state index in [-0.39, 0.29) is 18.5 Å².